The fourth-order valence-electron chi connectivity index (χ4n) is 1.61. The average Bonchev–Trinajstić information content (AvgIpc) is 2.62. The number of nitrogens with two attached hydrogens (primary N) is 1. The molecule has 1 atom stereocenters. The summed E-state index contributed by atoms with van der Waals surface area (Å²) in [6.45, 7) is 4.53. The summed E-state index contributed by atoms with van der Waals surface area (Å²) in [5.74, 6) is 1.38. The first kappa shape index (κ1) is 8.65. The van der Waals surface area contributed by atoms with Gasteiger partial charge in [-0.25, -0.2) is 0 Å². The number of hydrogen-bond acceptors (Lipinski definition) is 5. The van der Waals surface area contributed by atoms with Crippen molar-refractivity contribution in [2.45, 2.75) is 25.9 Å². The predicted molar refractivity (Wildman–Crippen MR) is 46.9 cm³/mol. The lowest BCUT2D eigenvalue weighted by Gasteiger charge is -2.11. The third-order valence-corrected chi connectivity index (χ3v) is 2.24. The van der Waals surface area contributed by atoms with Crippen molar-refractivity contribution < 1.29 is 4.52 Å². The van der Waals surface area contributed by atoms with Gasteiger partial charge >= 0.3 is 0 Å². The fourth-order valence-corrected chi connectivity index (χ4v) is 1.61. The maximum atomic E-state index is 5.78. The lowest BCUT2D eigenvalue weighted by atomic mass is 10.3. The van der Waals surface area contributed by atoms with Gasteiger partial charge in [0, 0.05) is 26.1 Å². The summed E-state index contributed by atoms with van der Waals surface area (Å²) >= 11 is 0. The highest BCUT2D eigenvalue weighted by Crippen LogP contribution is 2.09. The SMILES string of the molecule is Cc1nc(CN2CC[C@H](N)C2)no1. The number of likely N-dealkylation sites (tertiary alicyclic amines) is 1. The Morgan fingerprint density at radius 1 is 1.69 bits per heavy atom. The Morgan fingerprint density at radius 3 is 3.08 bits per heavy atom. The Kier molecular flexibility index (Phi) is 2.28. The molecule has 72 valence electrons. The van der Waals surface area contributed by atoms with Crippen molar-refractivity contribution in [2.24, 2.45) is 5.73 Å². The Bertz CT molecular complexity index is 285. The van der Waals surface area contributed by atoms with Crippen LogP contribution in [0.2, 0.25) is 0 Å². The molecule has 0 spiro atoms. The molecule has 1 aliphatic heterocycles. The molecule has 0 aliphatic carbocycles. The molecule has 1 aromatic heterocycles. The lowest BCUT2D eigenvalue weighted by Crippen LogP contribution is -2.26. The van der Waals surface area contributed by atoms with E-state index in [0.717, 1.165) is 31.9 Å². The van der Waals surface area contributed by atoms with E-state index in [4.69, 9.17) is 10.3 Å². The van der Waals surface area contributed by atoms with E-state index in [2.05, 4.69) is 15.0 Å². The number of hydrogen-bond donors (Lipinski definition) is 1. The van der Waals surface area contributed by atoms with E-state index >= 15 is 0 Å². The highest BCUT2D eigenvalue weighted by Gasteiger charge is 2.20. The van der Waals surface area contributed by atoms with Gasteiger partial charge in [0.1, 0.15) is 0 Å². The molecule has 5 heteroatoms. The third kappa shape index (κ3) is 2.05. The minimum absolute atomic E-state index is 0.313. The Morgan fingerprint density at radius 2 is 2.54 bits per heavy atom. The molecule has 1 saturated heterocycles. The summed E-state index contributed by atoms with van der Waals surface area (Å²) in [5.41, 5.74) is 5.78. The molecule has 2 rings (SSSR count). The maximum Gasteiger partial charge on any atom is 0.223 e. The van der Waals surface area contributed by atoms with Gasteiger partial charge in [-0.2, -0.15) is 4.98 Å². The Hall–Kier alpha value is -0.940. The monoisotopic (exact) mass is 182 g/mol. The molecular formula is C8H14N4O. The van der Waals surface area contributed by atoms with Crippen LogP contribution in [0.15, 0.2) is 4.52 Å². The molecule has 1 fully saturated rings. The highest BCUT2D eigenvalue weighted by molar-refractivity contribution is 4.87. The second kappa shape index (κ2) is 3.43. The maximum absolute atomic E-state index is 5.78. The third-order valence-electron chi connectivity index (χ3n) is 2.24. The summed E-state index contributed by atoms with van der Waals surface area (Å²) < 4.78 is 4.88. The summed E-state index contributed by atoms with van der Waals surface area (Å²) in [5, 5.41) is 3.84. The minimum atomic E-state index is 0.313. The molecule has 2 N–H and O–H groups in total. The van der Waals surface area contributed by atoms with Crippen molar-refractivity contribution in [3.05, 3.63) is 11.7 Å². The fraction of sp³-hybridized carbons (Fsp3) is 0.750. The standard InChI is InChI=1S/C8H14N4O/c1-6-10-8(11-13-6)5-12-3-2-7(9)4-12/h7H,2-5,9H2,1H3/t7-/m0/s1. The van der Waals surface area contributed by atoms with E-state index in [-0.39, 0.29) is 0 Å². The van der Waals surface area contributed by atoms with E-state index in [1.165, 1.54) is 0 Å². The average molecular weight is 182 g/mol. The summed E-state index contributed by atoms with van der Waals surface area (Å²) in [4.78, 5) is 6.38. The number of rotatable bonds is 2. The van der Waals surface area contributed by atoms with E-state index in [0.29, 0.717) is 11.9 Å². The van der Waals surface area contributed by atoms with Gasteiger partial charge in [0.15, 0.2) is 5.82 Å². The van der Waals surface area contributed by atoms with Gasteiger partial charge in [0.2, 0.25) is 5.89 Å². The van der Waals surface area contributed by atoms with Crippen LogP contribution >= 0.6 is 0 Å². The van der Waals surface area contributed by atoms with Gasteiger partial charge < -0.3 is 10.3 Å². The first-order chi connectivity index (χ1) is 6.24. The van der Waals surface area contributed by atoms with Crippen molar-refractivity contribution >= 4 is 0 Å². The summed E-state index contributed by atoms with van der Waals surface area (Å²) in [7, 11) is 0. The van der Waals surface area contributed by atoms with Crippen molar-refractivity contribution in [3.8, 4) is 0 Å². The first-order valence-electron chi connectivity index (χ1n) is 4.51. The van der Waals surface area contributed by atoms with Gasteiger partial charge in [0.25, 0.3) is 0 Å². The number of aromatic nitrogens is 2. The molecule has 0 unspecified atom stereocenters. The molecule has 5 nitrogen and oxygen atoms in total. The molecular weight excluding hydrogens is 168 g/mol. The minimum Gasteiger partial charge on any atom is -0.340 e. The smallest absolute Gasteiger partial charge is 0.223 e. The molecule has 1 aromatic rings. The second-order valence-electron chi connectivity index (χ2n) is 3.51. The Labute approximate surface area is 76.9 Å². The molecule has 2 heterocycles. The van der Waals surface area contributed by atoms with Crippen LogP contribution in [0.5, 0.6) is 0 Å². The van der Waals surface area contributed by atoms with Crippen molar-refractivity contribution in [1.82, 2.24) is 15.0 Å². The molecule has 0 aromatic carbocycles. The van der Waals surface area contributed by atoms with Crippen LogP contribution in [-0.4, -0.2) is 34.2 Å². The van der Waals surface area contributed by atoms with E-state index in [1.54, 1.807) is 6.92 Å². The second-order valence-corrected chi connectivity index (χ2v) is 3.51. The van der Waals surface area contributed by atoms with Crippen LogP contribution in [0.4, 0.5) is 0 Å². The van der Waals surface area contributed by atoms with E-state index in [9.17, 15) is 0 Å². The van der Waals surface area contributed by atoms with Gasteiger partial charge in [-0.05, 0) is 6.42 Å². The number of aryl methyl sites for hydroxylation is 1. The topological polar surface area (TPSA) is 68.2 Å². The van der Waals surface area contributed by atoms with Crippen LogP contribution < -0.4 is 5.73 Å². The van der Waals surface area contributed by atoms with Crippen LogP contribution in [0.3, 0.4) is 0 Å². The van der Waals surface area contributed by atoms with E-state index < -0.39 is 0 Å². The molecule has 0 bridgehead atoms. The highest BCUT2D eigenvalue weighted by atomic mass is 16.5. The zero-order chi connectivity index (χ0) is 9.26. The molecule has 0 saturated carbocycles. The largest absolute Gasteiger partial charge is 0.340 e. The molecule has 1 aliphatic rings. The number of nitrogens with zero attached hydrogens (tertiary/aromatic N) is 3. The summed E-state index contributed by atoms with van der Waals surface area (Å²) in [6.07, 6.45) is 1.07. The first-order valence-corrected chi connectivity index (χ1v) is 4.51. The predicted octanol–water partition coefficient (Wildman–Crippen LogP) is -0.0890. The zero-order valence-electron chi connectivity index (χ0n) is 7.73. The van der Waals surface area contributed by atoms with Gasteiger partial charge in [-0.15, -0.1) is 0 Å². The quantitative estimate of drug-likeness (QED) is 0.692. The van der Waals surface area contributed by atoms with Crippen molar-refractivity contribution in [3.63, 3.8) is 0 Å². The van der Waals surface area contributed by atoms with Crippen LogP contribution in [0.1, 0.15) is 18.1 Å². The molecule has 13 heavy (non-hydrogen) atoms. The van der Waals surface area contributed by atoms with Crippen LogP contribution in [0.25, 0.3) is 0 Å². The van der Waals surface area contributed by atoms with Crippen LogP contribution in [0, 0.1) is 6.92 Å². The van der Waals surface area contributed by atoms with Crippen molar-refractivity contribution in [2.75, 3.05) is 13.1 Å². The summed E-state index contributed by atoms with van der Waals surface area (Å²) in [6, 6.07) is 0.313. The Balaban J connectivity index is 1.91. The molecule has 0 radical (unpaired) electrons. The normalized spacial score (nSPS) is 24.0. The van der Waals surface area contributed by atoms with Crippen molar-refractivity contribution in [1.29, 1.82) is 0 Å². The van der Waals surface area contributed by atoms with Crippen LogP contribution in [-0.2, 0) is 6.54 Å². The lowest BCUT2D eigenvalue weighted by molar-refractivity contribution is 0.307. The van der Waals surface area contributed by atoms with Gasteiger partial charge in [0.05, 0.1) is 6.54 Å². The van der Waals surface area contributed by atoms with E-state index in [1.807, 2.05) is 0 Å². The van der Waals surface area contributed by atoms with Gasteiger partial charge in [-0.3, -0.25) is 4.90 Å². The van der Waals surface area contributed by atoms with Gasteiger partial charge in [-0.1, -0.05) is 5.16 Å². The zero-order valence-corrected chi connectivity index (χ0v) is 7.73. The molecule has 0 amide bonds.